The Labute approximate surface area is 414 Å². The number of nitro groups is 1. The van der Waals surface area contributed by atoms with Crippen LogP contribution in [0.25, 0.3) is 11.0 Å². The first-order chi connectivity index (χ1) is 33.7. The number of carbonyl (C=O) groups is 1. The maximum absolute atomic E-state index is 14.3. The van der Waals surface area contributed by atoms with E-state index in [0.29, 0.717) is 54.7 Å². The van der Waals surface area contributed by atoms with Gasteiger partial charge in [0, 0.05) is 60.6 Å². The number of anilines is 3. The van der Waals surface area contributed by atoms with Gasteiger partial charge in [-0.25, -0.2) is 26.5 Å². The molecule has 5 N–H and O–H groups in total. The van der Waals surface area contributed by atoms with Gasteiger partial charge in [0.25, 0.3) is 21.6 Å². The number of benzene rings is 3. The Morgan fingerprint density at radius 2 is 1.72 bits per heavy atom. The molecule has 3 aromatic carbocycles. The number of rotatable bonds is 13. The molecular weight excluding hydrogens is 949 g/mol. The maximum atomic E-state index is 14.3. The summed E-state index contributed by atoms with van der Waals surface area (Å²) >= 11 is 0. The van der Waals surface area contributed by atoms with Gasteiger partial charge < -0.3 is 29.8 Å². The van der Waals surface area contributed by atoms with Gasteiger partial charge in [-0.3, -0.25) is 24.5 Å². The van der Waals surface area contributed by atoms with Crippen molar-refractivity contribution in [1.29, 1.82) is 0 Å². The smallest absolute Gasteiger partial charge is 0.297 e. The normalized spacial score (nSPS) is 23.7. The predicted molar refractivity (Wildman–Crippen MR) is 270 cm³/mol. The van der Waals surface area contributed by atoms with Crippen molar-refractivity contribution in [3.05, 3.63) is 99.7 Å². The van der Waals surface area contributed by atoms with Crippen molar-refractivity contribution >= 4 is 59.9 Å². The van der Waals surface area contributed by atoms with Gasteiger partial charge in [-0.1, -0.05) is 38.1 Å². The lowest BCUT2D eigenvalue weighted by Crippen LogP contribution is -2.54. The summed E-state index contributed by atoms with van der Waals surface area (Å²) in [4.78, 5) is 37.9. The molecule has 5 heterocycles. The zero-order chi connectivity index (χ0) is 50.0. The fraction of sp³-hybridized carbons (Fsp3) is 0.490. The molecule has 2 saturated carbocycles. The Morgan fingerprint density at radius 3 is 2.44 bits per heavy atom. The summed E-state index contributed by atoms with van der Waals surface area (Å²) in [6.45, 7) is 9.02. The number of hydrogen-bond donors (Lipinski definition) is 5. The van der Waals surface area contributed by atoms with E-state index in [0.717, 1.165) is 69.4 Å². The molecule has 0 unspecified atom stereocenters. The standard InChI is InChI=1S/C51H62N8O10S2/c1-31(2)37-8-5-6-9-38(37)41-10-7-21-58(41)35-28-51(29-35)18-22-57(23-19-51)34-11-12-39(43(25-34)69-45-24-33-15-20-52-47(33)54-48(45)55-70(4,64)65)49(60)56-71(66,67)36-26-42(59(62)63)46-44(27-36)68-30-40(53-46)32-13-16-50(3,61)17-14-32/h5-6,8-9,11-12,15,20,24-27,31-32,35,40-41,53,61H,7,10,13-14,16-19,21-23,28-30H2,1-4H3,(H,56,60)(H2,52,54,55)/t32-,40-,41-,50-/m1/s1. The Morgan fingerprint density at radius 1 is 0.972 bits per heavy atom. The first kappa shape index (κ1) is 48.7. The van der Waals surface area contributed by atoms with Gasteiger partial charge in [0.2, 0.25) is 10.0 Å². The Bertz CT molecular complexity index is 3100. The van der Waals surface area contributed by atoms with Crippen LogP contribution in [0, 0.1) is 21.4 Å². The number of sulfonamides is 2. The number of nitrogens with one attached hydrogen (secondary N) is 4. The predicted octanol–water partition coefficient (Wildman–Crippen LogP) is 8.58. The molecular formula is C51H62N8O10S2. The number of H-pyrrole nitrogens is 1. The van der Waals surface area contributed by atoms with E-state index in [9.17, 15) is 36.9 Å². The van der Waals surface area contributed by atoms with E-state index < -0.39 is 47.1 Å². The second-order valence-corrected chi connectivity index (χ2v) is 24.5. The van der Waals surface area contributed by atoms with Crippen LogP contribution in [0.15, 0.2) is 77.8 Å². The van der Waals surface area contributed by atoms with Gasteiger partial charge in [-0.2, -0.15) is 0 Å². The average molecular weight is 1010 g/mol. The van der Waals surface area contributed by atoms with Crippen LogP contribution in [-0.2, 0) is 20.0 Å². The molecule has 5 aromatic rings. The molecule has 0 bridgehead atoms. The third-order valence-electron chi connectivity index (χ3n) is 15.7. The molecule has 1 spiro atoms. The molecule has 5 aliphatic rings. The molecule has 2 atom stereocenters. The quantitative estimate of drug-likeness (QED) is 0.0549. The van der Waals surface area contributed by atoms with Gasteiger partial charge in [0.15, 0.2) is 23.0 Å². The minimum atomic E-state index is -4.78. The van der Waals surface area contributed by atoms with E-state index in [1.807, 2.05) is 0 Å². The molecule has 2 aliphatic carbocycles. The second-order valence-electron chi connectivity index (χ2n) is 21.0. The van der Waals surface area contributed by atoms with Crippen LogP contribution in [0.3, 0.4) is 0 Å². The van der Waals surface area contributed by atoms with Crippen LogP contribution in [0.5, 0.6) is 17.2 Å². The van der Waals surface area contributed by atoms with E-state index in [-0.39, 0.29) is 58.3 Å². The number of hydrogen-bond acceptors (Lipinski definition) is 14. The highest BCUT2D eigenvalue weighted by Crippen LogP contribution is 2.54. The Kier molecular flexibility index (Phi) is 12.7. The lowest BCUT2D eigenvalue weighted by molar-refractivity contribution is -0.384. The molecule has 2 aromatic heterocycles. The number of amides is 1. The van der Waals surface area contributed by atoms with Crippen LogP contribution < -0.4 is 29.1 Å². The van der Waals surface area contributed by atoms with E-state index in [1.54, 1.807) is 37.4 Å². The van der Waals surface area contributed by atoms with Crippen LogP contribution in [0.4, 0.5) is 22.9 Å². The number of ether oxygens (including phenoxy) is 2. The van der Waals surface area contributed by atoms with Crippen molar-refractivity contribution in [2.24, 2.45) is 11.3 Å². The van der Waals surface area contributed by atoms with Gasteiger partial charge in [0.05, 0.1) is 33.3 Å². The van der Waals surface area contributed by atoms with Crippen molar-refractivity contribution in [2.45, 2.75) is 120 Å². The first-order valence-corrected chi connectivity index (χ1v) is 28.0. The maximum Gasteiger partial charge on any atom is 0.297 e. The number of aromatic amines is 1. The fourth-order valence-electron chi connectivity index (χ4n) is 11.8. The largest absolute Gasteiger partial charge is 0.489 e. The van der Waals surface area contributed by atoms with Crippen LogP contribution in [0.1, 0.15) is 118 Å². The molecule has 0 radical (unpaired) electrons. The highest BCUT2D eigenvalue weighted by Gasteiger charge is 2.50. The highest BCUT2D eigenvalue weighted by molar-refractivity contribution is 7.92. The number of piperidine rings is 1. The fourth-order valence-corrected chi connectivity index (χ4v) is 13.3. The number of aromatic nitrogens is 2. The lowest BCUT2D eigenvalue weighted by atomic mass is 9.59. The molecule has 10 rings (SSSR count). The third-order valence-corrected chi connectivity index (χ3v) is 17.6. The van der Waals surface area contributed by atoms with Crippen molar-refractivity contribution < 1.29 is 41.1 Å². The van der Waals surface area contributed by atoms with Crippen LogP contribution >= 0.6 is 0 Å². The van der Waals surface area contributed by atoms with E-state index >= 15 is 0 Å². The second kappa shape index (κ2) is 18.6. The average Bonchev–Trinajstić information content (AvgIpc) is 3.99. The molecule has 18 nitrogen and oxygen atoms in total. The highest BCUT2D eigenvalue weighted by atomic mass is 32.2. The molecule has 3 aliphatic heterocycles. The number of aliphatic hydroxyl groups is 1. The minimum Gasteiger partial charge on any atom is -0.489 e. The first-order valence-electron chi connectivity index (χ1n) is 24.6. The molecule has 2 saturated heterocycles. The molecule has 378 valence electrons. The van der Waals surface area contributed by atoms with Crippen molar-refractivity contribution in [2.75, 3.05) is 47.4 Å². The number of pyridine rings is 1. The van der Waals surface area contributed by atoms with E-state index in [2.05, 4.69) is 72.6 Å². The third kappa shape index (κ3) is 9.99. The summed E-state index contributed by atoms with van der Waals surface area (Å²) in [5.41, 5.74) is 2.72. The molecule has 4 fully saturated rings. The van der Waals surface area contributed by atoms with Crippen molar-refractivity contribution in [3.8, 4) is 17.2 Å². The van der Waals surface area contributed by atoms with Crippen molar-refractivity contribution in [1.82, 2.24) is 19.6 Å². The molecule has 1 amide bonds. The van der Waals surface area contributed by atoms with E-state index in [1.165, 1.54) is 30.0 Å². The summed E-state index contributed by atoms with van der Waals surface area (Å²) in [5.74, 6) is -0.895. The van der Waals surface area contributed by atoms with Crippen LogP contribution in [0.2, 0.25) is 0 Å². The summed E-state index contributed by atoms with van der Waals surface area (Å²) < 4.78 is 70.2. The number of fused-ring (bicyclic) bond motifs is 2. The molecule has 71 heavy (non-hydrogen) atoms. The number of carbonyl (C=O) groups excluding carboxylic acids is 1. The summed E-state index contributed by atoms with van der Waals surface area (Å²) in [5, 5.41) is 26.7. The lowest BCUT2D eigenvalue weighted by Gasteiger charge is -2.56. The Balaban J connectivity index is 0.897. The van der Waals surface area contributed by atoms with Crippen molar-refractivity contribution in [3.63, 3.8) is 0 Å². The Hall–Kier alpha value is -5.96. The summed E-state index contributed by atoms with van der Waals surface area (Å²) in [7, 11) is -8.65. The minimum absolute atomic E-state index is 0.0379. The van der Waals surface area contributed by atoms with E-state index in [4.69, 9.17) is 9.47 Å². The zero-order valence-electron chi connectivity index (χ0n) is 40.4. The number of nitro benzene ring substituents is 1. The summed E-state index contributed by atoms with van der Waals surface area (Å²) in [6.07, 6.45) is 11.7. The van der Waals surface area contributed by atoms with Gasteiger partial charge in [0.1, 0.15) is 18.0 Å². The number of likely N-dealkylation sites (tertiary alicyclic amines) is 1. The monoisotopic (exact) mass is 1010 g/mol. The zero-order valence-corrected chi connectivity index (χ0v) is 42.1. The van der Waals surface area contributed by atoms with Gasteiger partial charge in [-0.15, -0.1) is 0 Å². The van der Waals surface area contributed by atoms with Gasteiger partial charge in [-0.05, 0) is 130 Å². The SMILES string of the molecule is CC(C)c1ccccc1[C@H]1CCCN1C1CC2(CCN(c3ccc(C(=O)NS(=O)(=O)c4cc5c(c([N+](=O)[O-])c4)N[C@@H]([C@H]4CC[C@](C)(O)CC4)CO5)c(Oc4cc5cc[nH]c5nc4NS(C)(=O)=O)c3)CC2)C1. The molecule has 20 heteroatoms. The summed E-state index contributed by atoms with van der Waals surface area (Å²) in [6, 6.07) is 19.7. The number of nitrogens with zero attached hydrogens (tertiary/aromatic N) is 4. The topological polar surface area (TPSA) is 238 Å². The van der Waals surface area contributed by atoms with Crippen LogP contribution in [-0.4, -0.2) is 97.8 Å². The van der Waals surface area contributed by atoms with Gasteiger partial charge >= 0.3 is 0 Å².